The summed E-state index contributed by atoms with van der Waals surface area (Å²) in [5.41, 5.74) is 1.10. The summed E-state index contributed by atoms with van der Waals surface area (Å²) in [7, 11) is 0. The minimum absolute atomic E-state index is 0.0172. The number of carbonyl (C=O) groups excluding carboxylic acids is 2. The van der Waals surface area contributed by atoms with Crippen LogP contribution in [0.4, 0.5) is 11.5 Å². The Hall–Kier alpha value is -2.49. The van der Waals surface area contributed by atoms with E-state index in [1.54, 1.807) is 24.3 Å². The average Bonchev–Trinajstić information content (AvgIpc) is 3.49. The smallest absolute Gasteiger partial charge is 0.294 e. The predicted molar refractivity (Wildman–Crippen MR) is 134 cm³/mol. The number of nitrogens with zero attached hydrogens (tertiary/aromatic N) is 3. The van der Waals surface area contributed by atoms with Crippen LogP contribution < -0.4 is 10.6 Å². The Morgan fingerprint density at radius 3 is 2.53 bits per heavy atom. The van der Waals surface area contributed by atoms with E-state index in [0.29, 0.717) is 32.6 Å². The Morgan fingerprint density at radius 1 is 1.06 bits per heavy atom. The number of halogens is 2. The van der Waals surface area contributed by atoms with Gasteiger partial charge in [-0.05, 0) is 91.8 Å². The van der Waals surface area contributed by atoms with Crippen LogP contribution in [0.25, 0.3) is 11.1 Å². The van der Waals surface area contributed by atoms with Crippen molar-refractivity contribution in [3.63, 3.8) is 0 Å². The zero-order valence-electron chi connectivity index (χ0n) is 18.5. The fourth-order valence-electron chi connectivity index (χ4n) is 4.89. The summed E-state index contributed by atoms with van der Waals surface area (Å²) in [6.07, 6.45) is 7.68. The molecule has 1 aliphatic carbocycles. The molecule has 3 aromatic rings. The first kappa shape index (κ1) is 23.3. The van der Waals surface area contributed by atoms with Crippen molar-refractivity contribution in [2.45, 2.75) is 44.6 Å². The van der Waals surface area contributed by atoms with Crippen molar-refractivity contribution in [2.24, 2.45) is 5.92 Å². The number of hydrogen-bond donors (Lipinski definition) is 2. The second-order valence-corrected chi connectivity index (χ2v) is 10.1. The first-order chi connectivity index (χ1) is 16.5. The first-order valence-corrected chi connectivity index (χ1v) is 12.7. The lowest BCUT2D eigenvalue weighted by molar-refractivity contribution is -0.121. The maximum Gasteiger partial charge on any atom is 0.294 e. The Labute approximate surface area is 210 Å². The molecule has 0 aromatic carbocycles. The van der Waals surface area contributed by atoms with Crippen LogP contribution in [0.3, 0.4) is 0 Å². The van der Waals surface area contributed by atoms with Crippen LogP contribution in [0.5, 0.6) is 0 Å². The van der Waals surface area contributed by atoms with Crippen LogP contribution >= 0.6 is 27.5 Å². The highest BCUT2D eigenvalue weighted by Crippen LogP contribution is 2.34. The molecule has 0 bridgehead atoms. The number of pyridine rings is 2. The Bertz CT molecular complexity index is 1200. The molecule has 2 fully saturated rings. The maximum absolute atomic E-state index is 13.2. The van der Waals surface area contributed by atoms with Gasteiger partial charge in [0, 0.05) is 18.2 Å². The molecule has 178 valence electrons. The van der Waals surface area contributed by atoms with Gasteiger partial charge in [-0.15, -0.1) is 0 Å². The van der Waals surface area contributed by atoms with Crippen LogP contribution in [0.2, 0.25) is 5.02 Å². The molecule has 2 amide bonds. The van der Waals surface area contributed by atoms with Crippen LogP contribution in [0.15, 0.2) is 39.5 Å². The quantitative estimate of drug-likeness (QED) is 0.411. The third-order valence-electron chi connectivity index (χ3n) is 6.65. The topological polar surface area (TPSA) is 100 Å². The van der Waals surface area contributed by atoms with Gasteiger partial charge >= 0.3 is 0 Å². The molecule has 4 heterocycles. The lowest BCUT2D eigenvalue weighted by Gasteiger charge is -2.33. The van der Waals surface area contributed by atoms with Gasteiger partial charge in [-0.2, -0.15) is 0 Å². The van der Waals surface area contributed by atoms with Gasteiger partial charge in [0.2, 0.25) is 11.7 Å². The summed E-state index contributed by atoms with van der Waals surface area (Å²) in [6, 6.07) is 7.23. The molecular formula is C24H25BrClN5O3. The van der Waals surface area contributed by atoms with E-state index in [1.807, 2.05) is 0 Å². The van der Waals surface area contributed by atoms with E-state index in [0.717, 1.165) is 25.7 Å². The molecule has 3 aromatic heterocycles. The number of anilines is 2. The van der Waals surface area contributed by atoms with E-state index in [4.69, 9.17) is 16.0 Å². The highest BCUT2D eigenvalue weighted by molar-refractivity contribution is 9.10. The highest BCUT2D eigenvalue weighted by Gasteiger charge is 2.32. The Morgan fingerprint density at radius 2 is 1.82 bits per heavy atom. The summed E-state index contributed by atoms with van der Waals surface area (Å²) in [4.78, 5) is 37.4. The van der Waals surface area contributed by atoms with Crippen LogP contribution in [0, 0.1) is 5.92 Å². The van der Waals surface area contributed by atoms with Crippen molar-refractivity contribution in [1.82, 2.24) is 14.9 Å². The summed E-state index contributed by atoms with van der Waals surface area (Å²) >= 11 is 9.24. The fraction of sp³-hybridized carbons (Fsp3) is 0.417. The predicted octanol–water partition coefficient (Wildman–Crippen LogP) is 5.48. The summed E-state index contributed by atoms with van der Waals surface area (Å²) in [5.74, 6) is -0.442. The molecule has 1 saturated heterocycles. The van der Waals surface area contributed by atoms with E-state index >= 15 is 0 Å². The highest BCUT2D eigenvalue weighted by atomic mass is 79.9. The Kier molecular flexibility index (Phi) is 6.85. The molecule has 0 atom stereocenters. The standard InChI is InChI=1S/C24H25BrClN5O3/c25-18-9-8-17-20(28-18)21(22(34-17)24(33)29-19-10-5-15(26)13-27-19)30-23(32)14-3-6-16(7-4-14)31-11-1-2-12-31/h5,8-10,13-14,16H,1-4,6-7,11-12H2,(H,30,32)(H,27,29,33). The number of amides is 2. The number of aromatic nitrogens is 2. The average molecular weight is 547 g/mol. The molecule has 8 nitrogen and oxygen atoms in total. The van der Waals surface area contributed by atoms with Gasteiger partial charge in [-0.25, -0.2) is 9.97 Å². The molecule has 0 unspecified atom stereocenters. The van der Waals surface area contributed by atoms with Crippen LogP contribution in [-0.4, -0.2) is 45.8 Å². The van der Waals surface area contributed by atoms with Crippen molar-refractivity contribution in [3.05, 3.63) is 45.8 Å². The SMILES string of the molecule is O=C(Nc1ccc(Cl)cn1)c1oc2ccc(Br)nc2c1NC(=O)C1CCC(N2CCCC2)CC1. The third kappa shape index (κ3) is 4.96. The second-order valence-electron chi connectivity index (χ2n) is 8.84. The maximum atomic E-state index is 13.2. The lowest BCUT2D eigenvalue weighted by Crippen LogP contribution is -2.38. The minimum Gasteiger partial charge on any atom is -0.447 e. The van der Waals surface area contributed by atoms with Crippen molar-refractivity contribution in [1.29, 1.82) is 0 Å². The van der Waals surface area contributed by atoms with E-state index < -0.39 is 5.91 Å². The van der Waals surface area contributed by atoms with Gasteiger partial charge in [0.15, 0.2) is 5.58 Å². The summed E-state index contributed by atoms with van der Waals surface area (Å²) in [5, 5.41) is 6.11. The molecule has 1 aliphatic heterocycles. The molecule has 5 rings (SSSR count). The second kappa shape index (κ2) is 10.0. The summed E-state index contributed by atoms with van der Waals surface area (Å²) < 4.78 is 6.39. The van der Waals surface area contributed by atoms with Gasteiger partial charge in [0.1, 0.15) is 21.6 Å². The Balaban J connectivity index is 1.35. The largest absolute Gasteiger partial charge is 0.447 e. The van der Waals surface area contributed by atoms with Crippen molar-refractivity contribution in [3.8, 4) is 0 Å². The van der Waals surface area contributed by atoms with E-state index in [-0.39, 0.29) is 23.3 Å². The monoisotopic (exact) mass is 545 g/mol. The van der Waals surface area contributed by atoms with Gasteiger partial charge in [0.25, 0.3) is 5.91 Å². The van der Waals surface area contributed by atoms with E-state index in [9.17, 15) is 9.59 Å². The lowest BCUT2D eigenvalue weighted by atomic mass is 9.85. The number of carbonyl (C=O) groups is 2. The van der Waals surface area contributed by atoms with Crippen molar-refractivity contribution in [2.75, 3.05) is 23.7 Å². The third-order valence-corrected chi connectivity index (χ3v) is 7.31. The number of likely N-dealkylation sites (tertiary alicyclic amines) is 1. The summed E-state index contributed by atoms with van der Waals surface area (Å²) in [6.45, 7) is 2.34. The van der Waals surface area contributed by atoms with Crippen molar-refractivity contribution < 1.29 is 14.0 Å². The molecular weight excluding hydrogens is 522 g/mol. The van der Waals surface area contributed by atoms with Gasteiger partial charge in [-0.1, -0.05) is 11.6 Å². The van der Waals surface area contributed by atoms with Gasteiger partial charge in [-0.3, -0.25) is 9.59 Å². The number of furan rings is 1. The fourth-order valence-corrected chi connectivity index (χ4v) is 5.31. The molecule has 0 spiro atoms. The zero-order valence-corrected chi connectivity index (χ0v) is 20.9. The van der Waals surface area contributed by atoms with Crippen LogP contribution in [0.1, 0.15) is 49.1 Å². The molecule has 0 radical (unpaired) electrons. The van der Waals surface area contributed by atoms with E-state index in [2.05, 4.69) is 41.4 Å². The molecule has 1 saturated carbocycles. The number of fused-ring (bicyclic) bond motifs is 1. The van der Waals surface area contributed by atoms with E-state index in [1.165, 1.54) is 32.1 Å². The number of rotatable bonds is 5. The first-order valence-electron chi connectivity index (χ1n) is 11.5. The van der Waals surface area contributed by atoms with Gasteiger partial charge < -0.3 is 20.0 Å². The van der Waals surface area contributed by atoms with Crippen molar-refractivity contribution >= 4 is 62.0 Å². The van der Waals surface area contributed by atoms with Crippen LogP contribution in [-0.2, 0) is 4.79 Å². The molecule has 2 N–H and O–H groups in total. The zero-order chi connectivity index (χ0) is 23.7. The minimum atomic E-state index is -0.531. The van der Waals surface area contributed by atoms with Gasteiger partial charge in [0.05, 0.1) is 5.02 Å². The molecule has 10 heteroatoms. The number of hydrogen-bond acceptors (Lipinski definition) is 6. The molecule has 2 aliphatic rings. The number of nitrogens with one attached hydrogen (secondary N) is 2. The molecule has 34 heavy (non-hydrogen) atoms. The normalized spacial score (nSPS) is 21.0.